The number of carbonyl (C=O) groups excluding carboxylic acids is 3. The lowest BCUT2D eigenvalue weighted by atomic mass is 10.2. The van der Waals surface area contributed by atoms with Crippen LogP contribution in [-0.4, -0.2) is 37.4 Å². The molecule has 3 amide bonds. The van der Waals surface area contributed by atoms with Gasteiger partial charge in [-0.3, -0.25) is 14.4 Å². The van der Waals surface area contributed by atoms with Crippen molar-refractivity contribution >= 4 is 17.7 Å². The van der Waals surface area contributed by atoms with E-state index in [1.165, 1.54) is 6.26 Å². The molecule has 8 nitrogen and oxygen atoms in total. The molecule has 1 aromatic heterocycles. The van der Waals surface area contributed by atoms with Gasteiger partial charge >= 0.3 is 0 Å². The van der Waals surface area contributed by atoms with Gasteiger partial charge in [-0.1, -0.05) is 0 Å². The van der Waals surface area contributed by atoms with Crippen molar-refractivity contribution in [3.05, 3.63) is 54.0 Å². The third-order valence-corrected chi connectivity index (χ3v) is 3.32. The van der Waals surface area contributed by atoms with E-state index >= 15 is 0 Å². The van der Waals surface area contributed by atoms with Gasteiger partial charge in [0.2, 0.25) is 11.8 Å². The first-order chi connectivity index (χ1) is 12.6. The molecular formula is C18H21N3O5. The maximum atomic E-state index is 12.0. The maximum Gasteiger partial charge on any atom is 0.251 e. The molecule has 0 radical (unpaired) electrons. The lowest BCUT2D eigenvalue weighted by Crippen LogP contribution is -2.41. The lowest BCUT2D eigenvalue weighted by Gasteiger charge is -2.08. The largest absolute Gasteiger partial charge is 0.494 e. The molecule has 0 fully saturated rings. The minimum absolute atomic E-state index is 0.182. The van der Waals surface area contributed by atoms with Gasteiger partial charge in [0.15, 0.2) is 0 Å². The zero-order valence-corrected chi connectivity index (χ0v) is 14.4. The van der Waals surface area contributed by atoms with Crippen LogP contribution in [0.15, 0.2) is 47.1 Å². The molecule has 0 spiro atoms. The zero-order chi connectivity index (χ0) is 18.8. The summed E-state index contributed by atoms with van der Waals surface area (Å²) in [5.74, 6) is 0.0881. The molecular weight excluding hydrogens is 338 g/mol. The SMILES string of the molecule is CCOc1ccc(C(=O)NCC(=O)NCC(=O)NCc2ccco2)cc1. The quantitative estimate of drug-likeness (QED) is 0.615. The fourth-order valence-electron chi connectivity index (χ4n) is 2.03. The van der Waals surface area contributed by atoms with Crippen LogP contribution in [0.4, 0.5) is 0 Å². The summed E-state index contributed by atoms with van der Waals surface area (Å²) in [7, 11) is 0. The van der Waals surface area contributed by atoms with Gasteiger partial charge in [-0.2, -0.15) is 0 Å². The Kier molecular flexibility index (Phi) is 7.23. The fourth-order valence-corrected chi connectivity index (χ4v) is 2.03. The van der Waals surface area contributed by atoms with Gasteiger partial charge in [0.25, 0.3) is 5.91 Å². The first-order valence-corrected chi connectivity index (χ1v) is 8.15. The standard InChI is InChI=1S/C18H21N3O5/c1-2-25-14-7-5-13(6-8-14)18(24)21-12-17(23)20-11-16(22)19-10-15-4-3-9-26-15/h3-9H,2,10-12H2,1H3,(H,19,22)(H,20,23)(H,21,24). The van der Waals surface area contributed by atoms with Gasteiger partial charge in [0, 0.05) is 5.56 Å². The van der Waals surface area contributed by atoms with Crippen LogP contribution in [0.25, 0.3) is 0 Å². The number of benzene rings is 1. The summed E-state index contributed by atoms with van der Waals surface area (Å²) in [6, 6.07) is 10.0. The molecule has 8 heteroatoms. The van der Waals surface area contributed by atoms with Crippen LogP contribution in [-0.2, 0) is 16.1 Å². The zero-order valence-electron chi connectivity index (χ0n) is 14.4. The van der Waals surface area contributed by atoms with E-state index in [1.807, 2.05) is 6.92 Å². The number of ether oxygens (including phenoxy) is 1. The highest BCUT2D eigenvalue weighted by molar-refractivity contribution is 5.96. The second kappa shape index (κ2) is 9.87. The van der Waals surface area contributed by atoms with Crippen LogP contribution in [0.5, 0.6) is 5.75 Å². The highest BCUT2D eigenvalue weighted by Gasteiger charge is 2.10. The van der Waals surface area contributed by atoms with Crippen LogP contribution in [0, 0.1) is 0 Å². The molecule has 0 saturated carbocycles. The molecule has 3 N–H and O–H groups in total. The van der Waals surface area contributed by atoms with E-state index in [4.69, 9.17) is 9.15 Å². The van der Waals surface area contributed by atoms with Gasteiger partial charge in [0.1, 0.15) is 11.5 Å². The van der Waals surface area contributed by atoms with E-state index in [-0.39, 0.29) is 31.4 Å². The fraction of sp³-hybridized carbons (Fsp3) is 0.278. The van der Waals surface area contributed by atoms with Crippen LogP contribution in [0.1, 0.15) is 23.0 Å². The van der Waals surface area contributed by atoms with E-state index in [2.05, 4.69) is 16.0 Å². The number of hydrogen-bond donors (Lipinski definition) is 3. The van der Waals surface area contributed by atoms with Crippen molar-refractivity contribution in [2.75, 3.05) is 19.7 Å². The Morgan fingerprint density at radius 3 is 2.31 bits per heavy atom. The average molecular weight is 359 g/mol. The van der Waals surface area contributed by atoms with E-state index in [0.717, 1.165) is 0 Å². The Balaban J connectivity index is 1.65. The second-order valence-electron chi connectivity index (χ2n) is 5.27. The monoisotopic (exact) mass is 359 g/mol. The van der Waals surface area contributed by atoms with Crippen molar-refractivity contribution in [2.45, 2.75) is 13.5 Å². The van der Waals surface area contributed by atoms with Crippen LogP contribution in [0.2, 0.25) is 0 Å². The normalized spacial score (nSPS) is 10.0. The van der Waals surface area contributed by atoms with Gasteiger partial charge in [-0.15, -0.1) is 0 Å². The summed E-state index contributed by atoms with van der Waals surface area (Å²) < 4.78 is 10.4. The number of carbonyl (C=O) groups is 3. The van der Waals surface area contributed by atoms with Crippen molar-refractivity contribution in [2.24, 2.45) is 0 Å². The number of rotatable bonds is 9. The number of nitrogens with one attached hydrogen (secondary N) is 3. The van der Waals surface area contributed by atoms with Gasteiger partial charge in [-0.05, 0) is 43.3 Å². The lowest BCUT2D eigenvalue weighted by molar-refractivity contribution is -0.125. The minimum Gasteiger partial charge on any atom is -0.494 e. The predicted molar refractivity (Wildman–Crippen MR) is 93.5 cm³/mol. The highest BCUT2D eigenvalue weighted by atomic mass is 16.5. The topological polar surface area (TPSA) is 110 Å². The third kappa shape index (κ3) is 6.31. The molecule has 138 valence electrons. The number of hydrogen-bond acceptors (Lipinski definition) is 5. The molecule has 0 unspecified atom stereocenters. The van der Waals surface area contributed by atoms with Crippen molar-refractivity contribution < 1.29 is 23.5 Å². The van der Waals surface area contributed by atoms with Crippen LogP contribution < -0.4 is 20.7 Å². The summed E-state index contributed by atoms with van der Waals surface area (Å²) in [6.45, 7) is 2.25. The van der Waals surface area contributed by atoms with Gasteiger partial charge in [0.05, 0.1) is 32.5 Å². The van der Waals surface area contributed by atoms with Crippen molar-refractivity contribution in [3.8, 4) is 5.75 Å². The van der Waals surface area contributed by atoms with Crippen molar-refractivity contribution in [1.29, 1.82) is 0 Å². The Bertz CT molecular complexity index is 726. The third-order valence-electron chi connectivity index (χ3n) is 3.32. The molecule has 0 aliphatic carbocycles. The molecule has 1 aromatic carbocycles. The molecule has 2 aromatic rings. The van der Waals surface area contributed by atoms with E-state index < -0.39 is 5.91 Å². The Morgan fingerprint density at radius 1 is 0.962 bits per heavy atom. The van der Waals surface area contributed by atoms with Gasteiger partial charge < -0.3 is 25.1 Å². The summed E-state index contributed by atoms with van der Waals surface area (Å²) in [6.07, 6.45) is 1.51. The van der Waals surface area contributed by atoms with Crippen molar-refractivity contribution in [1.82, 2.24) is 16.0 Å². The molecule has 0 bridgehead atoms. The minimum atomic E-state index is -0.461. The molecule has 0 atom stereocenters. The molecule has 0 aliphatic rings. The van der Waals surface area contributed by atoms with Gasteiger partial charge in [-0.25, -0.2) is 0 Å². The first-order valence-electron chi connectivity index (χ1n) is 8.15. The molecule has 1 heterocycles. The van der Waals surface area contributed by atoms with Crippen LogP contribution in [0.3, 0.4) is 0 Å². The Hall–Kier alpha value is -3.29. The smallest absolute Gasteiger partial charge is 0.251 e. The highest BCUT2D eigenvalue weighted by Crippen LogP contribution is 2.11. The number of furan rings is 1. The summed E-state index contributed by atoms with van der Waals surface area (Å²) in [4.78, 5) is 35.3. The van der Waals surface area contributed by atoms with Crippen LogP contribution >= 0.6 is 0 Å². The van der Waals surface area contributed by atoms with E-state index in [9.17, 15) is 14.4 Å². The predicted octanol–water partition coefficient (Wildman–Crippen LogP) is 0.841. The Morgan fingerprint density at radius 2 is 1.65 bits per heavy atom. The summed E-state index contributed by atoms with van der Waals surface area (Å²) in [5, 5.41) is 7.52. The molecule has 26 heavy (non-hydrogen) atoms. The second-order valence-corrected chi connectivity index (χ2v) is 5.27. The summed E-state index contributed by atoms with van der Waals surface area (Å²) >= 11 is 0. The number of amides is 3. The van der Waals surface area contributed by atoms with E-state index in [0.29, 0.717) is 23.7 Å². The Labute approximate surface area is 150 Å². The maximum absolute atomic E-state index is 12.0. The summed E-state index contributed by atoms with van der Waals surface area (Å²) in [5.41, 5.74) is 0.414. The molecule has 0 aliphatic heterocycles. The first kappa shape index (κ1) is 19.0. The molecule has 0 saturated heterocycles. The van der Waals surface area contributed by atoms with E-state index in [1.54, 1.807) is 36.4 Å². The van der Waals surface area contributed by atoms with Crippen molar-refractivity contribution in [3.63, 3.8) is 0 Å². The average Bonchev–Trinajstić information content (AvgIpc) is 3.17. The molecule has 2 rings (SSSR count).